The first-order chi connectivity index (χ1) is 9.04. The molecule has 0 fully saturated rings. The number of hydrogen-bond acceptors (Lipinski definition) is 3. The zero-order valence-corrected chi connectivity index (χ0v) is 11.4. The van der Waals surface area contributed by atoms with E-state index in [-0.39, 0.29) is 17.9 Å². The maximum atomic E-state index is 12.3. The molecule has 20 heavy (non-hydrogen) atoms. The molecule has 0 unspecified atom stereocenters. The zero-order valence-electron chi connectivity index (χ0n) is 11.4. The highest BCUT2D eigenvalue weighted by Gasteiger charge is 2.34. The average Bonchev–Trinajstić information content (AvgIpc) is 2.29. The third kappa shape index (κ3) is 4.12. The Balaban J connectivity index is 2.96. The molecule has 112 valence electrons. The number of carboxylic acid groups (broad SMARTS) is 1. The molecule has 0 aliphatic heterocycles. The fourth-order valence-electron chi connectivity index (χ4n) is 1.48. The molecular weight excluding hydrogens is 275 g/mol. The van der Waals surface area contributed by atoms with Gasteiger partial charge in [-0.3, -0.25) is 9.69 Å². The second-order valence-corrected chi connectivity index (χ2v) is 4.88. The lowest BCUT2D eigenvalue weighted by Gasteiger charge is -2.31. The van der Waals surface area contributed by atoms with Gasteiger partial charge in [-0.05, 0) is 27.0 Å². The van der Waals surface area contributed by atoms with E-state index in [1.807, 2.05) is 0 Å². The number of carbonyl (C=O) groups is 1. The number of rotatable bonds is 5. The molecule has 1 N–H and O–H groups in total. The van der Waals surface area contributed by atoms with E-state index < -0.39 is 17.9 Å². The van der Waals surface area contributed by atoms with Gasteiger partial charge < -0.3 is 9.84 Å². The van der Waals surface area contributed by atoms with Crippen molar-refractivity contribution in [2.75, 3.05) is 7.05 Å². The molecule has 4 nitrogen and oxygen atoms in total. The highest BCUT2D eigenvalue weighted by molar-refractivity contribution is 5.77. The number of ether oxygens (including phenoxy) is 1. The van der Waals surface area contributed by atoms with Gasteiger partial charge in [-0.1, -0.05) is 18.2 Å². The van der Waals surface area contributed by atoms with Crippen molar-refractivity contribution < 1.29 is 27.8 Å². The van der Waals surface area contributed by atoms with Crippen LogP contribution < -0.4 is 4.74 Å². The molecule has 7 heteroatoms. The number of likely N-dealkylation sites (N-methyl/N-ethyl adjacent to an activating group) is 1. The minimum Gasteiger partial charge on any atom is -0.480 e. The van der Waals surface area contributed by atoms with Gasteiger partial charge in [-0.15, -0.1) is 13.2 Å². The Labute approximate surface area is 114 Å². The van der Waals surface area contributed by atoms with Crippen LogP contribution in [0, 0.1) is 0 Å². The van der Waals surface area contributed by atoms with Crippen LogP contribution in [0.25, 0.3) is 0 Å². The fourth-order valence-corrected chi connectivity index (χ4v) is 1.48. The Hall–Kier alpha value is -1.76. The van der Waals surface area contributed by atoms with Crippen LogP contribution in [0.2, 0.25) is 0 Å². The minimum atomic E-state index is -4.78. The normalized spacial score (nSPS) is 12.6. The molecule has 0 aliphatic rings. The molecule has 0 radical (unpaired) electrons. The van der Waals surface area contributed by atoms with Crippen LogP contribution in [-0.4, -0.2) is 34.9 Å². The first kappa shape index (κ1) is 16.3. The summed E-state index contributed by atoms with van der Waals surface area (Å²) < 4.78 is 40.8. The second kappa shape index (κ2) is 5.70. The molecule has 0 heterocycles. The van der Waals surface area contributed by atoms with Crippen LogP contribution in [0.3, 0.4) is 0 Å². The van der Waals surface area contributed by atoms with Gasteiger partial charge in [-0.25, -0.2) is 0 Å². The molecule has 0 spiro atoms. The van der Waals surface area contributed by atoms with Crippen molar-refractivity contribution in [3.63, 3.8) is 0 Å². The fraction of sp³-hybridized carbons (Fsp3) is 0.462. The summed E-state index contributed by atoms with van der Waals surface area (Å²) in [6.45, 7) is 2.97. The van der Waals surface area contributed by atoms with E-state index in [1.54, 1.807) is 6.07 Å². The summed E-state index contributed by atoms with van der Waals surface area (Å²) in [6, 6.07) is 5.66. The molecule has 0 bridgehead atoms. The molecule has 0 saturated heterocycles. The molecule has 0 atom stereocenters. The van der Waals surface area contributed by atoms with Crippen LogP contribution in [0.5, 0.6) is 5.75 Å². The lowest BCUT2D eigenvalue weighted by Crippen LogP contribution is -2.47. The van der Waals surface area contributed by atoms with E-state index >= 15 is 0 Å². The lowest BCUT2D eigenvalue weighted by atomic mass is 10.0. The van der Waals surface area contributed by atoms with Gasteiger partial charge in [-0.2, -0.15) is 0 Å². The van der Waals surface area contributed by atoms with Gasteiger partial charge in [0.2, 0.25) is 0 Å². The van der Waals surface area contributed by atoms with Crippen molar-refractivity contribution in [1.82, 2.24) is 4.90 Å². The number of halogens is 3. The summed E-state index contributed by atoms with van der Waals surface area (Å²) in [4.78, 5) is 12.6. The number of nitrogens with zero attached hydrogens (tertiary/aromatic N) is 1. The van der Waals surface area contributed by atoms with Crippen molar-refractivity contribution in [2.45, 2.75) is 32.3 Å². The topological polar surface area (TPSA) is 49.8 Å². The van der Waals surface area contributed by atoms with E-state index in [1.165, 1.54) is 44.0 Å². The van der Waals surface area contributed by atoms with Crippen molar-refractivity contribution in [3.8, 4) is 5.75 Å². The number of benzene rings is 1. The van der Waals surface area contributed by atoms with E-state index in [9.17, 15) is 18.0 Å². The van der Waals surface area contributed by atoms with Crippen LogP contribution in [0.15, 0.2) is 24.3 Å². The predicted molar refractivity (Wildman–Crippen MR) is 66.3 cm³/mol. The highest BCUT2D eigenvalue weighted by Crippen LogP contribution is 2.28. The van der Waals surface area contributed by atoms with Crippen LogP contribution in [0.1, 0.15) is 19.4 Å². The number of para-hydroxylation sites is 1. The Morgan fingerprint density at radius 3 is 2.35 bits per heavy atom. The van der Waals surface area contributed by atoms with Gasteiger partial charge in [0.05, 0.1) is 0 Å². The third-order valence-corrected chi connectivity index (χ3v) is 3.08. The SMILES string of the molecule is CN(Cc1ccccc1OC(F)(F)F)C(C)(C)C(=O)O. The van der Waals surface area contributed by atoms with Gasteiger partial charge in [0.1, 0.15) is 11.3 Å². The van der Waals surface area contributed by atoms with Gasteiger partial charge in [0.15, 0.2) is 0 Å². The largest absolute Gasteiger partial charge is 0.573 e. The summed E-state index contributed by atoms with van der Waals surface area (Å²) in [5.41, 5.74) is -0.938. The molecule has 0 aromatic heterocycles. The summed E-state index contributed by atoms with van der Waals surface area (Å²) in [5, 5.41) is 9.09. The summed E-state index contributed by atoms with van der Waals surface area (Å²) >= 11 is 0. The molecule has 1 aromatic carbocycles. The molecule has 1 rings (SSSR count). The lowest BCUT2D eigenvalue weighted by molar-refractivity contribution is -0.275. The van der Waals surface area contributed by atoms with Crippen molar-refractivity contribution in [2.24, 2.45) is 0 Å². The Morgan fingerprint density at radius 2 is 1.85 bits per heavy atom. The van der Waals surface area contributed by atoms with Gasteiger partial charge >= 0.3 is 12.3 Å². The standard InChI is InChI=1S/C13H16F3NO3/c1-12(2,11(18)19)17(3)8-9-6-4-5-7-10(9)20-13(14,15)16/h4-7H,8H2,1-3H3,(H,18,19). The van der Waals surface area contributed by atoms with Crippen LogP contribution in [0.4, 0.5) is 13.2 Å². The molecule has 0 saturated carbocycles. The average molecular weight is 291 g/mol. The van der Waals surface area contributed by atoms with Gasteiger partial charge in [0, 0.05) is 12.1 Å². The van der Waals surface area contributed by atoms with E-state index in [0.29, 0.717) is 0 Å². The monoisotopic (exact) mass is 291 g/mol. The van der Waals surface area contributed by atoms with Crippen LogP contribution in [-0.2, 0) is 11.3 Å². The summed E-state index contributed by atoms with van der Waals surface area (Å²) in [5.74, 6) is -1.39. The molecule has 0 aliphatic carbocycles. The Bertz CT molecular complexity index is 486. The van der Waals surface area contributed by atoms with Crippen molar-refractivity contribution >= 4 is 5.97 Å². The molecule has 0 amide bonds. The maximum absolute atomic E-state index is 12.3. The number of alkyl halides is 3. The number of carboxylic acids is 1. The summed E-state index contributed by atoms with van der Waals surface area (Å²) in [7, 11) is 1.53. The quantitative estimate of drug-likeness (QED) is 0.906. The third-order valence-electron chi connectivity index (χ3n) is 3.08. The van der Waals surface area contributed by atoms with E-state index in [0.717, 1.165) is 0 Å². The smallest absolute Gasteiger partial charge is 0.480 e. The zero-order chi connectivity index (χ0) is 15.6. The first-order valence-electron chi connectivity index (χ1n) is 5.82. The maximum Gasteiger partial charge on any atom is 0.573 e. The predicted octanol–water partition coefficient (Wildman–Crippen LogP) is 2.88. The Morgan fingerprint density at radius 1 is 1.30 bits per heavy atom. The van der Waals surface area contributed by atoms with Gasteiger partial charge in [0.25, 0.3) is 0 Å². The van der Waals surface area contributed by atoms with Crippen molar-refractivity contribution in [1.29, 1.82) is 0 Å². The number of hydrogen-bond donors (Lipinski definition) is 1. The minimum absolute atomic E-state index is 0.0194. The Kier molecular flexibility index (Phi) is 4.65. The van der Waals surface area contributed by atoms with Crippen molar-refractivity contribution in [3.05, 3.63) is 29.8 Å². The highest BCUT2D eigenvalue weighted by atomic mass is 19.4. The molecular formula is C13H16F3NO3. The van der Waals surface area contributed by atoms with Crippen LogP contribution >= 0.6 is 0 Å². The number of aliphatic carboxylic acids is 1. The second-order valence-electron chi connectivity index (χ2n) is 4.88. The van der Waals surface area contributed by atoms with E-state index in [2.05, 4.69) is 4.74 Å². The summed E-state index contributed by atoms with van der Waals surface area (Å²) in [6.07, 6.45) is -4.78. The van der Waals surface area contributed by atoms with E-state index in [4.69, 9.17) is 5.11 Å². The molecule has 1 aromatic rings. The first-order valence-corrected chi connectivity index (χ1v) is 5.82.